The molecule has 1 unspecified atom stereocenters. The third-order valence-corrected chi connectivity index (χ3v) is 2.68. The summed E-state index contributed by atoms with van der Waals surface area (Å²) in [5.41, 5.74) is 0. The highest BCUT2D eigenvalue weighted by Crippen LogP contribution is 2.19. The number of halogens is 3. The van der Waals surface area contributed by atoms with Crippen molar-refractivity contribution in [1.82, 2.24) is 5.32 Å². The highest BCUT2D eigenvalue weighted by Gasteiger charge is 2.28. The standard InChI is InChI=1S/C6H10F3NS/c7-6(8,9)4-10-5-1-2-11-3-5/h5,10H,1-4H2. The molecule has 1 aliphatic heterocycles. The van der Waals surface area contributed by atoms with Gasteiger partial charge in [0.05, 0.1) is 6.54 Å². The average molecular weight is 185 g/mol. The fourth-order valence-electron chi connectivity index (χ4n) is 0.956. The highest BCUT2D eigenvalue weighted by atomic mass is 32.2. The van der Waals surface area contributed by atoms with Gasteiger partial charge in [0.15, 0.2) is 0 Å². The van der Waals surface area contributed by atoms with E-state index in [2.05, 4.69) is 5.32 Å². The van der Waals surface area contributed by atoms with Crippen LogP contribution in [-0.4, -0.2) is 30.3 Å². The zero-order chi connectivity index (χ0) is 8.32. The number of nitrogens with one attached hydrogen (secondary N) is 1. The van der Waals surface area contributed by atoms with Gasteiger partial charge in [-0.1, -0.05) is 0 Å². The van der Waals surface area contributed by atoms with E-state index in [0.29, 0.717) is 0 Å². The molecule has 0 spiro atoms. The Morgan fingerprint density at radius 1 is 1.45 bits per heavy atom. The predicted molar refractivity (Wildman–Crippen MR) is 39.8 cm³/mol. The Morgan fingerprint density at radius 3 is 2.64 bits per heavy atom. The molecule has 66 valence electrons. The van der Waals surface area contributed by atoms with E-state index >= 15 is 0 Å². The molecule has 11 heavy (non-hydrogen) atoms. The van der Waals surface area contributed by atoms with Crippen molar-refractivity contribution >= 4 is 11.8 Å². The van der Waals surface area contributed by atoms with Crippen LogP contribution in [0.5, 0.6) is 0 Å². The summed E-state index contributed by atoms with van der Waals surface area (Å²) in [5.74, 6) is 1.80. The Bertz CT molecular complexity index is 119. The Morgan fingerprint density at radius 2 is 2.18 bits per heavy atom. The minimum Gasteiger partial charge on any atom is -0.305 e. The number of hydrogen-bond donors (Lipinski definition) is 1. The zero-order valence-corrected chi connectivity index (χ0v) is 6.76. The summed E-state index contributed by atoms with van der Waals surface area (Å²) in [4.78, 5) is 0. The Labute approximate surface area is 67.7 Å². The second-order valence-corrected chi connectivity index (χ2v) is 3.71. The van der Waals surface area contributed by atoms with Gasteiger partial charge in [-0.25, -0.2) is 0 Å². The molecule has 0 aromatic carbocycles. The van der Waals surface area contributed by atoms with Gasteiger partial charge in [0.2, 0.25) is 0 Å². The molecule has 1 saturated heterocycles. The van der Waals surface area contributed by atoms with E-state index < -0.39 is 12.7 Å². The van der Waals surface area contributed by atoms with Gasteiger partial charge in [0, 0.05) is 11.8 Å². The molecular formula is C6H10F3NS. The first kappa shape index (κ1) is 9.19. The monoisotopic (exact) mass is 185 g/mol. The summed E-state index contributed by atoms with van der Waals surface area (Å²) >= 11 is 1.70. The molecule has 0 amide bonds. The lowest BCUT2D eigenvalue weighted by atomic mass is 10.3. The van der Waals surface area contributed by atoms with Crippen molar-refractivity contribution < 1.29 is 13.2 Å². The fourth-order valence-corrected chi connectivity index (χ4v) is 2.14. The van der Waals surface area contributed by atoms with Crippen LogP contribution in [0.15, 0.2) is 0 Å². The Kier molecular flexibility index (Phi) is 3.06. The second kappa shape index (κ2) is 3.67. The van der Waals surface area contributed by atoms with Crippen LogP contribution < -0.4 is 5.32 Å². The van der Waals surface area contributed by atoms with Gasteiger partial charge in [-0.15, -0.1) is 0 Å². The SMILES string of the molecule is FC(F)(F)CNC1CCSC1. The summed E-state index contributed by atoms with van der Waals surface area (Å²) in [7, 11) is 0. The molecule has 1 heterocycles. The summed E-state index contributed by atoms with van der Waals surface area (Å²) in [6.07, 6.45) is -3.20. The topological polar surface area (TPSA) is 12.0 Å². The molecular weight excluding hydrogens is 175 g/mol. The van der Waals surface area contributed by atoms with E-state index in [1.807, 2.05) is 0 Å². The number of hydrogen-bond acceptors (Lipinski definition) is 2. The zero-order valence-electron chi connectivity index (χ0n) is 5.95. The van der Waals surface area contributed by atoms with E-state index in [-0.39, 0.29) is 6.04 Å². The molecule has 1 rings (SSSR count). The molecule has 5 heteroatoms. The van der Waals surface area contributed by atoms with Gasteiger partial charge >= 0.3 is 6.18 Å². The van der Waals surface area contributed by atoms with E-state index in [1.54, 1.807) is 11.8 Å². The minimum absolute atomic E-state index is 0.0709. The summed E-state index contributed by atoms with van der Waals surface area (Å²) in [5, 5.41) is 2.48. The lowest BCUT2D eigenvalue weighted by Gasteiger charge is -2.12. The first-order chi connectivity index (χ1) is 5.08. The fraction of sp³-hybridized carbons (Fsp3) is 1.00. The number of alkyl halides is 3. The van der Waals surface area contributed by atoms with Crippen LogP contribution in [0, 0.1) is 0 Å². The molecule has 0 saturated carbocycles. The number of thioether (sulfide) groups is 1. The normalized spacial score (nSPS) is 25.9. The van der Waals surface area contributed by atoms with E-state index in [4.69, 9.17) is 0 Å². The van der Waals surface area contributed by atoms with Crippen LogP contribution in [0.4, 0.5) is 13.2 Å². The van der Waals surface area contributed by atoms with Gasteiger partial charge in [0.25, 0.3) is 0 Å². The lowest BCUT2D eigenvalue weighted by molar-refractivity contribution is -0.125. The molecule has 1 nitrogen and oxygen atoms in total. The second-order valence-electron chi connectivity index (χ2n) is 2.56. The molecule has 0 aliphatic carbocycles. The van der Waals surface area contributed by atoms with Crippen LogP contribution in [-0.2, 0) is 0 Å². The van der Waals surface area contributed by atoms with Gasteiger partial charge in [-0.2, -0.15) is 24.9 Å². The van der Waals surface area contributed by atoms with Gasteiger partial charge in [0.1, 0.15) is 0 Å². The van der Waals surface area contributed by atoms with Crippen LogP contribution in [0.2, 0.25) is 0 Å². The van der Waals surface area contributed by atoms with Crippen molar-refractivity contribution in [2.75, 3.05) is 18.1 Å². The van der Waals surface area contributed by atoms with Gasteiger partial charge in [-0.3, -0.25) is 0 Å². The first-order valence-electron chi connectivity index (χ1n) is 3.46. The van der Waals surface area contributed by atoms with Crippen LogP contribution >= 0.6 is 11.8 Å². The molecule has 1 aliphatic rings. The summed E-state index contributed by atoms with van der Waals surface area (Å²) in [6, 6.07) is 0.0709. The maximum atomic E-state index is 11.6. The van der Waals surface area contributed by atoms with Gasteiger partial charge in [-0.05, 0) is 12.2 Å². The van der Waals surface area contributed by atoms with E-state index in [0.717, 1.165) is 17.9 Å². The van der Waals surface area contributed by atoms with Crippen molar-refractivity contribution in [3.63, 3.8) is 0 Å². The smallest absolute Gasteiger partial charge is 0.305 e. The minimum atomic E-state index is -4.06. The summed E-state index contributed by atoms with van der Waals surface area (Å²) in [6.45, 7) is -0.849. The number of rotatable bonds is 2. The quantitative estimate of drug-likeness (QED) is 0.702. The van der Waals surface area contributed by atoms with Gasteiger partial charge < -0.3 is 5.32 Å². The average Bonchev–Trinajstić information content (AvgIpc) is 2.32. The van der Waals surface area contributed by atoms with Crippen molar-refractivity contribution in [1.29, 1.82) is 0 Å². The summed E-state index contributed by atoms with van der Waals surface area (Å²) < 4.78 is 34.9. The third-order valence-electron chi connectivity index (χ3n) is 1.52. The van der Waals surface area contributed by atoms with Crippen molar-refractivity contribution in [3.8, 4) is 0 Å². The molecule has 0 aromatic heterocycles. The van der Waals surface area contributed by atoms with E-state index in [9.17, 15) is 13.2 Å². The first-order valence-corrected chi connectivity index (χ1v) is 4.61. The van der Waals surface area contributed by atoms with E-state index in [1.165, 1.54) is 0 Å². The lowest BCUT2D eigenvalue weighted by Crippen LogP contribution is -2.36. The van der Waals surface area contributed by atoms with Crippen LogP contribution in [0.25, 0.3) is 0 Å². The molecule has 0 bridgehead atoms. The van der Waals surface area contributed by atoms with Crippen LogP contribution in [0.1, 0.15) is 6.42 Å². The highest BCUT2D eigenvalue weighted by molar-refractivity contribution is 7.99. The van der Waals surface area contributed by atoms with Crippen LogP contribution in [0.3, 0.4) is 0 Å². The predicted octanol–water partition coefficient (Wildman–Crippen LogP) is 1.64. The largest absolute Gasteiger partial charge is 0.401 e. The molecule has 1 atom stereocenters. The molecule has 1 fully saturated rings. The van der Waals surface area contributed by atoms with Crippen molar-refractivity contribution in [2.45, 2.75) is 18.6 Å². The maximum Gasteiger partial charge on any atom is 0.401 e. The third kappa shape index (κ3) is 3.86. The maximum absolute atomic E-state index is 11.6. The van der Waals surface area contributed by atoms with Crippen molar-refractivity contribution in [3.05, 3.63) is 0 Å². The molecule has 1 N–H and O–H groups in total. The molecule has 0 radical (unpaired) electrons. The Balaban J connectivity index is 2.11. The molecule has 0 aromatic rings. The Hall–Kier alpha value is 0.100. The van der Waals surface area contributed by atoms with Crippen molar-refractivity contribution in [2.24, 2.45) is 0 Å².